The smallest absolute Gasteiger partial charge is 0.263 e. The summed E-state index contributed by atoms with van der Waals surface area (Å²) in [5.74, 6) is 0.128. The van der Waals surface area contributed by atoms with E-state index in [0.717, 1.165) is 10.1 Å². The first-order valence-electron chi connectivity index (χ1n) is 6.73. The van der Waals surface area contributed by atoms with Crippen LogP contribution in [-0.4, -0.2) is 43.8 Å². The van der Waals surface area contributed by atoms with Gasteiger partial charge in [0.05, 0.1) is 16.4 Å². The van der Waals surface area contributed by atoms with Gasteiger partial charge in [0, 0.05) is 23.5 Å². The van der Waals surface area contributed by atoms with Crippen molar-refractivity contribution in [1.29, 1.82) is 0 Å². The highest BCUT2D eigenvalue weighted by atomic mass is 32.2. The van der Waals surface area contributed by atoms with Crippen LogP contribution in [0.1, 0.15) is 16.1 Å². The normalized spacial score (nSPS) is 18.6. The molecule has 1 saturated heterocycles. The van der Waals surface area contributed by atoms with E-state index in [9.17, 15) is 13.2 Å². The number of fused-ring (bicyclic) bond motifs is 1. The third-order valence-electron chi connectivity index (χ3n) is 3.59. The van der Waals surface area contributed by atoms with Crippen molar-refractivity contribution in [1.82, 2.24) is 4.90 Å². The number of carbonyl (C=O) groups excluding carboxylic acids is 1. The maximum Gasteiger partial charge on any atom is 0.263 e. The van der Waals surface area contributed by atoms with Gasteiger partial charge in [0.1, 0.15) is 0 Å². The molecular weight excluding hydrogens is 308 g/mol. The van der Waals surface area contributed by atoms with Crippen LogP contribution < -0.4 is 5.73 Å². The van der Waals surface area contributed by atoms with Crippen LogP contribution >= 0.6 is 11.3 Å². The summed E-state index contributed by atoms with van der Waals surface area (Å²) in [5.41, 5.74) is 6.41. The number of carbonyl (C=O) groups is 1. The number of rotatable bonds is 1. The molecule has 1 fully saturated rings. The van der Waals surface area contributed by atoms with Gasteiger partial charge in [-0.05, 0) is 36.1 Å². The lowest BCUT2D eigenvalue weighted by molar-refractivity contribution is 0.0773. The molecule has 0 spiro atoms. The van der Waals surface area contributed by atoms with Crippen LogP contribution in [-0.2, 0) is 9.84 Å². The standard InChI is InChI=1S/C14H16N2O3S2/c15-11-2-3-12-10(8-11)9-13(20-12)14(17)16-4-1-6-21(18,19)7-5-16/h2-3,8-9H,1,4-7,15H2. The van der Waals surface area contributed by atoms with Crippen LogP contribution in [0.3, 0.4) is 0 Å². The third-order valence-corrected chi connectivity index (χ3v) is 6.41. The van der Waals surface area contributed by atoms with Gasteiger partial charge in [0.2, 0.25) is 0 Å². The Morgan fingerprint density at radius 3 is 2.81 bits per heavy atom. The number of sulfone groups is 1. The van der Waals surface area contributed by atoms with E-state index in [2.05, 4.69) is 0 Å². The van der Waals surface area contributed by atoms with Crippen molar-refractivity contribution in [2.75, 3.05) is 30.3 Å². The average molecular weight is 324 g/mol. The number of nitrogens with zero attached hydrogens (tertiary/aromatic N) is 1. The van der Waals surface area contributed by atoms with E-state index in [1.54, 1.807) is 4.90 Å². The van der Waals surface area contributed by atoms with Crippen molar-refractivity contribution in [3.05, 3.63) is 29.1 Å². The minimum absolute atomic E-state index is 0.0522. The largest absolute Gasteiger partial charge is 0.399 e. The second kappa shape index (κ2) is 5.31. The van der Waals surface area contributed by atoms with Crippen molar-refractivity contribution in [3.8, 4) is 0 Å². The van der Waals surface area contributed by atoms with Crippen LogP contribution in [0.5, 0.6) is 0 Å². The fourth-order valence-corrected chi connectivity index (χ4v) is 4.75. The van der Waals surface area contributed by atoms with E-state index in [4.69, 9.17) is 5.73 Å². The third kappa shape index (κ3) is 3.03. The summed E-state index contributed by atoms with van der Waals surface area (Å²) >= 11 is 1.42. The van der Waals surface area contributed by atoms with Crippen LogP contribution in [0.2, 0.25) is 0 Å². The number of benzene rings is 1. The molecule has 0 atom stereocenters. The monoisotopic (exact) mass is 324 g/mol. The highest BCUT2D eigenvalue weighted by Gasteiger charge is 2.24. The first-order chi connectivity index (χ1) is 9.94. The minimum atomic E-state index is -3.01. The lowest BCUT2D eigenvalue weighted by atomic mass is 10.2. The number of hydrogen-bond acceptors (Lipinski definition) is 5. The molecule has 0 bridgehead atoms. The molecule has 3 rings (SSSR count). The van der Waals surface area contributed by atoms with E-state index < -0.39 is 9.84 Å². The summed E-state index contributed by atoms with van der Waals surface area (Å²) in [4.78, 5) is 14.8. The first kappa shape index (κ1) is 14.3. The van der Waals surface area contributed by atoms with E-state index in [1.165, 1.54) is 11.3 Å². The van der Waals surface area contributed by atoms with E-state index in [0.29, 0.717) is 23.5 Å². The molecule has 1 aliphatic heterocycles. The summed E-state index contributed by atoms with van der Waals surface area (Å²) in [5, 5.41) is 0.950. The molecule has 0 saturated carbocycles. The molecule has 0 aliphatic carbocycles. The Hall–Kier alpha value is -1.60. The Labute approximate surface area is 127 Å². The summed E-state index contributed by atoms with van der Waals surface area (Å²) in [7, 11) is -3.01. The summed E-state index contributed by atoms with van der Waals surface area (Å²) in [6.07, 6.45) is 0.506. The van der Waals surface area contributed by atoms with Crippen LogP contribution in [0.4, 0.5) is 5.69 Å². The lowest BCUT2D eigenvalue weighted by Crippen LogP contribution is -2.33. The van der Waals surface area contributed by atoms with Crippen LogP contribution in [0, 0.1) is 0 Å². The molecular formula is C14H16N2O3S2. The molecule has 2 N–H and O–H groups in total. The van der Waals surface area contributed by atoms with Gasteiger partial charge in [-0.3, -0.25) is 4.79 Å². The van der Waals surface area contributed by atoms with Gasteiger partial charge < -0.3 is 10.6 Å². The maximum atomic E-state index is 12.5. The zero-order valence-corrected chi connectivity index (χ0v) is 13.0. The molecule has 1 aromatic heterocycles. The van der Waals surface area contributed by atoms with Gasteiger partial charge in [0.25, 0.3) is 5.91 Å². The Kier molecular flexibility index (Phi) is 3.62. The fraction of sp³-hybridized carbons (Fsp3) is 0.357. The van der Waals surface area contributed by atoms with Gasteiger partial charge in [-0.25, -0.2) is 8.42 Å². The topological polar surface area (TPSA) is 80.5 Å². The Morgan fingerprint density at radius 1 is 1.19 bits per heavy atom. The van der Waals surface area contributed by atoms with Crippen molar-refractivity contribution < 1.29 is 13.2 Å². The van der Waals surface area contributed by atoms with Crippen molar-refractivity contribution in [3.63, 3.8) is 0 Å². The molecule has 2 aromatic rings. The maximum absolute atomic E-state index is 12.5. The highest BCUT2D eigenvalue weighted by Crippen LogP contribution is 2.28. The van der Waals surface area contributed by atoms with Crippen LogP contribution in [0.25, 0.3) is 10.1 Å². The predicted octanol–water partition coefficient (Wildman–Crippen LogP) is 1.74. The highest BCUT2D eigenvalue weighted by molar-refractivity contribution is 7.91. The molecule has 1 amide bonds. The van der Waals surface area contributed by atoms with Gasteiger partial charge in [-0.1, -0.05) is 0 Å². The summed E-state index contributed by atoms with van der Waals surface area (Å²) in [6, 6.07) is 7.39. The molecule has 2 heterocycles. The zero-order valence-electron chi connectivity index (χ0n) is 11.4. The van der Waals surface area contributed by atoms with Gasteiger partial charge in [-0.15, -0.1) is 11.3 Å². The molecule has 1 aromatic carbocycles. The number of nitrogen functional groups attached to an aromatic ring is 1. The summed E-state index contributed by atoms with van der Waals surface area (Å²) < 4.78 is 24.2. The van der Waals surface area contributed by atoms with Gasteiger partial charge in [-0.2, -0.15) is 0 Å². The van der Waals surface area contributed by atoms with Gasteiger partial charge >= 0.3 is 0 Å². The fourth-order valence-electron chi connectivity index (χ4n) is 2.46. The van der Waals surface area contributed by atoms with Crippen molar-refractivity contribution in [2.24, 2.45) is 0 Å². The lowest BCUT2D eigenvalue weighted by Gasteiger charge is -2.18. The molecule has 0 radical (unpaired) electrons. The number of amides is 1. The number of thiophene rings is 1. The predicted molar refractivity (Wildman–Crippen MR) is 85.4 cm³/mol. The van der Waals surface area contributed by atoms with E-state index in [1.807, 2.05) is 24.3 Å². The zero-order chi connectivity index (χ0) is 15.0. The Balaban J connectivity index is 1.86. The van der Waals surface area contributed by atoms with Crippen LogP contribution in [0.15, 0.2) is 24.3 Å². The molecule has 0 unspecified atom stereocenters. The quantitative estimate of drug-likeness (QED) is 0.810. The Morgan fingerprint density at radius 2 is 2.00 bits per heavy atom. The van der Waals surface area contributed by atoms with E-state index >= 15 is 0 Å². The number of nitrogens with two attached hydrogens (primary N) is 1. The van der Waals surface area contributed by atoms with Gasteiger partial charge in [0.15, 0.2) is 9.84 Å². The van der Waals surface area contributed by atoms with E-state index in [-0.39, 0.29) is 24.0 Å². The second-order valence-corrected chi connectivity index (χ2v) is 8.59. The average Bonchev–Trinajstić information content (AvgIpc) is 2.75. The van der Waals surface area contributed by atoms with Crippen molar-refractivity contribution in [2.45, 2.75) is 6.42 Å². The van der Waals surface area contributed by atoms with Crippen molar-refractivity contribution >= 4 is 42.9 Å². The first-order valence-corrected chi connectivity index (χ1v) is 9.37. The number of anilines is 1. The second-order valence-electron chi connectivity index (χ2n) is 5.21. The molecule has 1 aliphatic rings. The summed E-state index contributed by atoms with van der Waals surface area (Å²) in [6.45, 7) is 0.770. The molecule has 5 nitrogen and oxygen atoms in total. The molecule has 112 valence electrons. The molecule has 7 heteroatoms. The SMILES string of the molecule is Nc1ccc2sc(C(=O)N3CCCS(=O)(=O)CC3)cc2c1. The minimum Gasteiger partial charge on any atom is -0.399 e. The Bertz CT molecular complexity index is 796. The number of hydrogen-bond donors (Lipinski definition) is 1. The molecule has 21 heavy (non-hydrogen) atoms.